The molecule has 7 nitrogen and oxygen atoms in total. The zero-order valence-electron chi connectivity index (χ0n) is 16.9. The van der Waals surface area contributed by atoms with Crippen molar-refractivity contribution in [2.45, 2.75) is 64.1 Å². The van der Waals surface area contributed by atoms with E-state index < -0.39 is 14.4 Å². The van der Waals surface area contributed by atoms with Gasteiger partial charge in [-0.3, -0.25) is 0 Å². The topological polar surface area (TPSA) is 87.5 Å². The van der Waals surface area contributed by atoms with Crippen LogP contribution in [0.5, 0.6) is 0 Å². The van der Waals surface area contributed by atoms with Crippen molar-refractivity contribution in [2.24, 2.45) is 5.11 Å². The molecule has 0 spiro atoms. The molecule has 0 unspecified atom stereocenters. The molecule has 148 valence electrons. The fraction of sp³-hybridized carbons (Fsp3) is 0.632. The number of hydrogen-bond donors (Lipinski definition) is 0. The Balaban J connectivity index is 2.03. The van der Waals surface area contributed by atoms with Crippen molar-refractivity contribution in [3.05, 3.63) is 46.3 Å². The molecule has 8 heteroatoms. The molecular formula is C19H30N4O3Si. The second-order valence-electron chi connectivity index (χ2n) is 8.50. The molecule has 27 heavy (non-hydrogen) atoms. The molecule has 0 aromatic heterocycles. The molecule has 2 rings (SSSR count). The number of nitrogens with zero attached hydrogens (tertiary/aromatic N) is 4. The van der Waals surface area contributed by atoms with E-state index in [0.717, 1.165) is 5.56 Å². The maximum Gasteiger partial charge on any atom is 0.410 e. The molecular weight excluding hydrogens is 360 g/mol. The van der Waals surface area contributed by atoms with Gasteiger partial charge in [-0.25, -0.2) is 4.79 Å². The van der Waals surface area contributed by atoms with E-state index in [1.165, 1.54) is 0 Å². The van der Waals surface area contributed by atoms with Crippen LogP contribution in [0.3, 0.4) is 0 Å². The van der Waals surface area contributed by atoms with Gasteiger partial charge in [0.25, 0.3) is 0 Å². The first-order valence-electron chi connectivity index (χ1n) is 9.30. The predicted molar refractivity (Wildman–Crippen MR) is 108 cm³/mol. The third-order valence-corrected chi connectivity index (χ3v) is 9.97. The maximum absolute atomic E-state index is 12.6. The Kier molecular flexibility index (Phi) is 6.92. The molecule has 1 heterocycles. The smallest absolute Gasteiger partial charge is 0.410 e. The van der Waals surface area contributed by atoms with Crippen LogP contribution in [0.1, 0.15) is 32.8 Å². The van der Waals surface area contributed by atoms with E-state index in [2.05, 4.69) is 43.9 Å². The Hall–Kier alpha value is -2.02. The minimum Gasteiger partial charge on any atom is -0.445 e. The number of benzene rings is 1. The first-order chi connectivity index (χ1) is 12.6. The highest BCUT2D eigenvalue weighted by Crippen LogP contribution is 2.39. The first kappa shape index (κ1) is 21.3. The minimum absolute atomic E-state index is 0.0611. The number of carbonyl (C=O) groups excluding carboxylic acids is 1. The van der Waals surface area contributed by atoms with Gasteiger partial charge < -0.3 is 14.1 Å². The highest BCUT2D eigenvalue weighted by Gasteiger charge is 2.43. The van der Waals surface area contributed by atoms with Crippen LogP contribution in [-0.4, -0.2) is 44.5 Å². The van der Waals surface area contributed by atoms with Crippen LogP contribution in [0, 0.1) is 0 Å². The predicted octanol–water partition coefficient (Wildman–Crippen LogP) is 5.10. The van der Waals surface area contributed by atoms with E-state index in [4.69, 9.17) is 14.7 Å². The summed E-state index contributed by atoms with van der Waals surface area (Å²) in [6.07, 6.45) is 0.207. The molecule has 2 atom stereocenters. The molecule has 1 aliphatic heterocycles. The SMILES string of the molecule is CC(C)(C)[Si](C)(C)O[C@@H]1C[C@H](CN=[N+]=[N-])N(C(=O)OCc2ccccc2)C1. The Labute approximate surface area is 162 Å². The number of carbonyl (C=O) groups is 1. The third-order valence-electron chi connectivity index (χ3n) is 5.44. The number of azide groups is 1. The van der Waals surface area contributed by atoms with Gasteiger partial charge in [-0.15, -0.1) is 0 Å². The van der Waals surface area contributed by atoms with Gasteiger partial charge in [-0.2, -0.15) is 0 Å². The maximum atomic E-state index is 12.6. The van der Waals surface area contributed by atoms with Crippen LogP contribution in [-0.2, 0) is 15.8 Å². The average molecular weight is 391 g/mol. The summed E-state index contributed by atoms with van der Waals surface area (Å²) in [6.45, 7) is 11.9. The fourth-order valence-corrected chi connectivity index (χ4v) is 4.24. The summed E-state index contributed by atoms with van der Waals surface area (Å²) in [6, 6.07) is 9.37. The highest BCUT2D eigenvalue weighted by molar-refractivity contribution is 6.74. The fourth-order valence-electron chi connectivity index (χ4n) is 2.88. The molecule has 1 aromatic rings. The Morgan fingerprint density at radius 3 is 2.59 bits per heavy atom. The Bertz CT molecular complexity index is 684. The largest absolute Gasteiger partial charge is 0.445 e. The van der Waals surface area contributed by atoms with Crippen LogP contribution >= 0.6 is 0 Å². The van der Waals surface area contributed by atoms with Crippen molar-refractivity contribution in [1.82, 2.24) is 4.90 Å². The van der Waals surface area contributed by atoms with Crippen LogP contribution < -0.4 is 0 Å². The van der Waals surface area contributed by atoms with Crippen LogP contribution in [0.4, 0.5) is 4.79 Å². The van der Waals surface area contributed by atoms with E-state index in [-0.39, 0.29) is 30.3 Å². The monoisotopic (exact) mass is 390 g/mol. The van der Waals surface area contributed by atoms with E-state index in [9.17, 15) is 4.79 Å². The number of likely N-dealkylation sites (tertiary alicyclic amines) is 1. The molecule has 0 aliphatic carbocycles. The van der Waals surface area contributed by atoms with Gasteiger partial charge in [0.2, 0.25) is 0 Å². The van der Waals surface area contributed by atoms with Gasteiger partial charge in [0.05, 0.1) is 6.10 Å². The number of amides is 1. The van der Waals surface area contributed by atoms with Crippen molar-refractivity contribution < 1.29 is 14.0 Å². The minimum atomic E-state index is -1.95. The summed E-state index contributed by atoms with van der Waals surface area (Å²) < 4.78 is 11.9. The lowest BCUT2D eigenvalue weighted by Gasteiger charge is -2.38. The lowest BCUT2D eigenvalue weighted by Crippen LogP contribution is -2.44. The zero-order chi connectivity index (χ0) is 20.1. The Morgan fingerprint density at radius 1 is 1.33 bits per heavy atom. The van der Waals surface area contributed by atoms with Crippen LogP contribution in [0.2, 0.25) is 18.1 Å². The quantitative estimate of drug-likeness (QED) is 0.293. The molecule has 0 saturated carbocycles. The summed E-state index contributed by atoms with van der Waals surface area (Å²) in [5, 5.41) is 3.76. The molecule has 1 amide bonds. The van der Waals surface area contributed by atoms with Crippen molar-refractivity contribution in [2.75, 3.05) is 13.1 Å². The molecule has 1 aliphatic rings. The zero-order valence-corrected chi connectivity index (χ0v) is 17.9. The van der Waals surface area contributed by atoms with Gasteiger partial charge in [0.1, 0.15) is 6.61 Å². The second-order valence-corrected chi connectivity index (χ2v) is 13.3. The van der Waals surface area contributed by atoms with E-state index in [0.29, 0.717) is 13.0 Å². The summed E-state index contributed by atoms with van der Waals surface area (Å²) in [7, 11) is -1.95. The van der Waals surface area contributed by atoms with Crippen molar-refractivity contribution in [3.8, 4) is 0 Å². The van der Waals surface area contributed by atoms with E-state index in [1.54, 1.807) is 4.90 Å². The number of hydrogen-bond acceptors (Lipinski definition) is 4. The standard InChI is InChI=1S/C19H30N4O3Si/c1-19(2,3)27(4,5)26-17-11-16(12-21-22-20)23(13-17)18(24)25-14-15-9-7-6-8-10-15/h6-10,16-17H,11-14H2,1-5H3/t16-,17-/m1/s1. The summed E-state index contributed by atoms with van der Waals surface area (Å²) >= 11 is 0. The van der Waals surface area contributed by atoms with Crippen molar-refractivity contribution in [1.29, 1.82) is 0 Å². The van der Waals surface area contributed by atoms with E-state index >= 15 is 0 Å². The normalized spacial score (nSPS) is 20.3. The molecule has 1 saturated heterocycles. The van der Waals surface area contributed by atoms with Gasteiger partial charge in [0.15, 0.2) is 8.32 Å². The van der Waals surface area contributed by atoms with Crippen molar-refractivity contribution >= 4 is 14.4 Å². The molecule has 1 aromatic carbocycles. The third kappa shape index (κ3) is 5.72. The lowest BCUT2D eigenvalue weighted by atomic mass is 10.2. The van der Waals surface area contributed by atoms with Crippen molar-refractivity contribution in [3.63, 3.8) is 0 Å². The summed E-state index contributed by atoms with van der Waals surface area (Å²) in [5.41, 5.74) is 9.60. The average Bonchev–Trinajstić information content (AvgIpc) is 2.99. The highest BCUT2D eigenvalue weighted by atomic mass is 28.4. The van der Waals surface area contributed by atoms with Gasteiger partial charge in [0, 0.05) is 24.0 Å². The van der Waals surface area contributed by atoms with Gasteiger partial charge in [-0.05, 0) is 35.6 Å². The Morgan fingerprint density at radius 2 is 2.00 bits per heavy atom. The molecule has 0 radical (unpaired) electrons. The first-order valence-corrected chi connectivity index (χ1v) is 12.2. The summed E-state index contributed by atoms with van der Waals surface area (Å²) in [5.74, 6) is 0. The molecule has 0 N–H and O–H groups in total. The van der Waals surface area contributed by atoms with E-state index in [1.807, 2.05) is 30.3 Å². The molecule has 1 fully saturated rings. The molecule has 0 bridgehead atoms. The lowest BCUT2D eigenvalue weighted by molar-refractivity contribution is 0.0891. The van der Waals surface area contributed by atoms with Crippen LogP contribution in [0.15, 0.2) is 35.4 Å². The number of ether oxygens (including phenoxy) is 1. The number of rotatable bonds is 6. The van der Waals surface area contributed by atoms with Crippen LogP contribution in [0.25, 0.3) is 10.4 Å². The van der Waals surface area contributed by atoms with Gasteiger partial charge in [-0.1, -0.05) is 56.2 Å². The second kappa shape index (κ2) is 8.78. The van der Waals surface area contributed by atoms with Gasteiger partial charge >= 0.3 is 6.09 Å². The summed E-state index contributed by atoms with van der Waals surface area (Å²) in [4.78, 5) is 17.1.